The summed E-state index contributed by atoms with van der Waals surface area (Å²) in [4.78, 5) is 11.9. The van der Waals surface area contributed by atoms with Gasteiger partial charge in [0.05, 0.1) is 0 Å². The second kappa shape index (κ2) is 16.8. The van der Waals surface area contributed by atoms with Gasteiger partial charge in [0.2, 0.25) is 5.91 Å². The highest BCUT2D eigenvalue weighted by molar-refractivity contribution is 5.90. The summed E-state index contributed by atoms with van der Waals surface area (Å²) >= 11 is 0. The minimum atomic E-state index is 0.147. The van der Waals surface area contributed by atoms with Crippen molar-refractivity contribution < 1.29 is 4.79 Å². The average molecular weight is 374 g/mol. The molecule has 154 valence electrons. The molecule has 0 heterocycles. The fourth-order valence-electron chi connectivity index (χ4n) is 3.52. The van der Waals surface area contributed by atoms with E-state index in [0.29, 0.717) is 6.42 Å². The van der Waals surface area contributed by atoms with Crippen LogP contribution >= 0.6 is 0 Å². The molecule has 0 bridgehead atoms. The van der Waals surface area contributed by atoms with Gasteiger partial charge in [-0.1, -0.05) is 115 Å². The van der Waals surface area contributed by atoms with E-state index in [0.717, 1.165) is 12.1 Å². The number of carbonyl (C=O) groups excluding carboxylic acids is 1. The molecule has 1 aromatic carbocycles. The number of carbonyl (C=O) groups is 1. The van der Waals surface area contributed by atoms with Crippen LogP contribution in [-0.2, 0) is 4.79 Å². The topological polar surface area (TPSA) is 29.1 Å². The highest BCUT2D eigenvalue weighted by atomic mass is 16.1. The molecule has 0 saturated carbocycles. The molecule has 0 aliphatic carbocycles. The fourth-order valence-corrected chi connectivity index (χ4v) is 3.52. The highest BCUT2D eigenvalue weighted by Gasteiger charge is 2.02. The Morgan fingerprint density at radius 2 is 1.07 bits per heavy atom. The van der Waals surface area contributed by atoms with E-state index in [9.17, 15) is 4.79 Å². The molecule has 0 saturated heterocycles. The zero-order chi connectivity index (χ0) is 19.6. The summed E-state index contributed by atoms with van der Waals surface area (Å²) in [6.45, 7) is 4.34. The number of nitrogens with one attached hydrogen (secondary N) is 1. The van der Waals surface area contributed by atoms with Crippen molar-refractivity contribution in [3.63, 3.8) is 0 Å². The zero-order valence-electron chi connectivity index (χ0n) is 18.0. The lowest BCUT2D eigenvalue weighted by Gasteiger charge is -2.06. The van der Waals surface area contributed by atoms with E-state index in [4.69, 9.17) is 0 Å². The van der Waals surface area contributed by atoms with Crippen LogP contribution in [0.25, 0.3) is 0 Å². The van der Waals surface area contributed by atoms with Crippen molar-refractivity contribution in [3.05, 3.63) is 29.8 Å². The first-order valence-electron chi connectivity index (χ1n) is 11.6. The molecule has 0 spiro atoms. The quantitative estimate of drug-likeness (QED) is 0.274. The molecule has 0 atom stereocenters. The maximum Gasteiger partial charge on any atom is 0.224 e. The normalized spacial score (nSPS) is 10.9. The maximum atomic E-state index is 11.9. The molecule has 1 rings (SSSR count). The Hall–Kier alpha value is -1.31. The van der Waals surface area contributed by atoms with Crippen molar-refractivity contribution in [3.8, 4) is 0 Å². The number of benzene rings is 1. The third kappa shape index (κ3) is 14.4. The molecular formula is C25H43NO. The summed E-state index contributed by atoms with van der Waals surface area (Å²) in [6.07, 6.45) is 21.0. The Morgan fingerprint density at radius 3 is 1.52 bits per heavy atom. The minimum Gasteiger partial charge on any atom is -0.326 e. The number of hydrogen-bond donors (Lipinski definition) is 1. The van der Waals surface area contributed by atoms with Crippen LogP contribution in [0.15, 0.2) is 24.3 Å². The summed E-state index contributed by atoms with van der Waals surface area (Å²) in [6, 6.07) is 8.01. The second-order valence-electron chi connectivity index (χ2n) is 8.11. The van der Waals surface area contributed by atoms with Gasteiger partial charge in [-0.25, -0.2) is 0 Å². The minimum absolute atomic E-state index is 0.147. The Labute approximate surface area is 168 Å². The van der Waals surface area contributed by atoms with Crippen molar-refractivity contribution in [2.24, 2.45) is 0 Å². The molecule has 27 heavy (non-hydrogen) atoms. The smallest absolute Gasteiger partial charge is 0.224 e. The first-order chi connectivity index (χ1) is 13.2. The molecule has 2 heteroatoms. The van der Waals surface area contributed by atoms with Gasteiger partial charge < -0.3 is 5.32 Å². The maximum absolute atomic E-state index is 11.9. The van der Waals surface area contributed by atoms with Crippen LogP contribution in [0, 0.1) is 6.92 Å². The lowest BCUT2D eigenvalue weighted by Crippen LogP contribution is -2.10. The van der Waals surface area contributed by atoms with Crippen LogP contribution in [0.2, 0.25) is 0 Å². The van der Waals surface area contributed by atoms with Crippen molar-refractivity contribution in [2.45, 2.75) is 117 Å². The number of amides is 1. The molecule has 1 aromatic rings. The van der Waals surface area contributed by atoms with Gasteiger partial charge in [-0.15, -0.1) is 0 Å². The third-order valence-corrected chi connectivity index (χ3v) is 5.34. The second-order valence-corrected chi connectivity index (χ2v) is 8.11. The molecule has 0 unspecified atom stereocenters. The van der Waals surface area contributed by atoms with Crippen molar-refractivity contribution >= 4 is 11.6 Å². The summed E-state index contributed by atoms with van der Waals surface area (Å²) in [5, 5.41) is 2.98. The van der Waals surface area contributed by atoms with E-state index in [1.807, 2.05) is 24.3 Å². The summed E-state index contributed by atoms with van der Waals surface area (Å²) in [7, 11) is 0. The molecule has 0 aromatic heterocycles. The number of rotatable bonds is 17. The monoisotopic (exact) mass is 373 g/mol. The summed E-state index contributed by atoms with van der Waals surface area (Å²) in [5.74, 6) is 0.147. The standard InChI is InChI=1S/C25H43NO/c1-3-4-5-6-7-8-9-10-11-12-13-14-15-16-17-18-25(27)26-24-21-19-23(2)20-22-24/h19-22H,3-18H2,1-2H3,(H,26,27). The Kier molecular flexibility index (Phi) is 14.8. The number of anilines is 1. The fraction of sp³-hybridized carbons (Fsp3) is 0.720. The molecule has 0 fully saturated rings. The molecule has 1 amide bonds. The summed E-state index contributed by atoms with van der Waals surface area (Å²) in [5.41, 5.74) is 2.13. The van der Waals surface area contributed by atoms with Crippen LogP contribution in [-0.4, -0.2) is 5.91 Å². The van der Waals surface area contributed by atoms with Crippen LogP contribution in [0.3, 0.4) is 0 Å². The number of hydrogen-bond acceptors (Lipinski definition) is 1. The predicted octanol–water partition coefficient (Wildman–Crippen LogP) is 8.20. The van der Waals surface area contributed by atoms with Crippen LogP contribution < -0.4 is 5.32 Å². The van der Waals surface area contributed by atoms with Gasteiger partial charge in [-0.3, -0.25) is 4.79 Å². The number of aryl methyl sites for hydroxylation is 1. The zero-order valence-corrected chi connectivity index (χ0v) is 18.0. The van der Waals surface area contributed by atoms with Crippen LogP contribution in [0.5, 0.6) is 0 Å². The van der Waals surface area contributed by atoms with Crippen LogP contribution in [0.4, 0.5) is 5.69 Å². The van der Waals surface area contributed by atoms with Crippen molar-refractivity contribution in [1.29, 1.82) is 0 Å². The van der Waals surface area contributed by atoms with E-state index in [2.05, 4.69) is 19.2 Å². The van der Waals surface area contributed by atoms with Gasteiger partial charge in [-0.05, 0) is 25.5 Å². The third-order valence-electron chi connectivity index (χ3n) is 5.34. The van der Waals surface area contributed by atoms with E-state index in [-0.39, 0.29) is 5.91 Å². The van der Waals surface area contributed by atoms with Gasteiger partial charge in [-0.2, -0.15) is 0 Å². The predicted molar refractivity (Wildman–Crippen MR) is 119 cm³/mol. The first kappa shape index (κ1) is 23.7. The highest BCUT2D eigenvalue weighted by Crippen LogP contribution is 2.14. The SMILES string of the molecule is CCCCCCCCCCCCCCCCCC(=O)Nc1ccc(C)cc1. The molecule has 0 aliphatic heterocycles. The van der Waals surface area contributed by atoms with Gasteiger partial charge in [0.1, 0.15) is 0 Å². The van der Waals surface area contributed by atoms with E-state index < -0.39 is 0 Å². The molecule has 2 nitrogen and oxygen atoms in total. The molecule has 0 aliphatic rings. The van der Waals surface area contributed by atoms with E-state index >= 15 is 0 Å². The summed E-state index contributed by atoms with van der Waals surface area (Å²) < 4.78 is 0. The largest absolute Gasteiger partial charge is 0.326 e. The molecular weight excluding hydrogens is 330 g/mol. The Bertz CT molecular complexity index is 466. The van der Waals surface area contributed by atoms with Crippen molar-refractivity contribution in [1.82, 2.24) is 0 Å². The van der Waals surface area contributed by atoms with Gasteiger partial charge >= 0.3 is 0 Å². The number of unbranched alkanes of at least 4 members (excludes halogenated alkanes) is 14. The van der Waals surface area contributed by atoms with Crippen LogP contribution in [0.1, 0.15) is 115 Å². The van der Waals surface area contributed by atoms with Gasteiger partial charge in [0.15, 0.2) is 0 Å². The lowest BCUT2D eigenvalue weighted by atomic mass is 10.0. The van der Waals surface area contributed by atoms with Crippen molar-refractivity contribution in [2.75, 3.05) is 5.32 Å². The first-order valence-corrected chi connectivity index (χ1v) is 11.6. The van der Waals surface area contributed by atoms with Gasteiger partial charge in [0.25, 0.3) is 0 Å². The molecule has 0 radical (unpaired) electrons. The molecule has 1 N–H and O–H groups in total. The lowest BCUT2D eigenvalue weighted by molar-refractivity contribution is -0.116. The van der Waals surface area contributed by atoms with Gasteiger partial charge in [0, 0.05) is 12.1 Å². The average Bonchev–Trinajstić information content (AvgIpc) is 2.66. The Morgan fingerprint density at radius 1 is 0.667 bits per heavy atom. The van der Waals surface area contributed by atoms with E-state index in [1.165, 1.54) is 95.5 Å². The Balaban J connectivity index is 1.81. The van der Waals surface area contributed by atoms with E-state index in [1.54, 1.807) is 0 Å².